The Kier molecular flexibility index (Phi) is 16.9. The molecule has 0 amide bonds. The number of hydrogen-bond donors (Lipinski definition) is 3. The predicted octanol–water partition coefficient (Wildman–Crippen LogP) is 9.89. The topological polar surface area (TPSA) is 183 Å². The number of benzene rings is 4. The van der Waals surface area contributed by atoms with E-state index in [0.717, 1.165) is 57.0 Å². The predicted molar refractivity (Wildman–Crippen MR) is 259 cm³/mol. The molecule has 1 aliphatic rings. The van der Waals surface area contributed by atoms with Gasteiger partial charge in [0.2, 0.25) is 0 Å². The maximum Gasteiger partial charge on any atom is 0.320 e. The third-order valence-electron chi connectivity index (χ3n) is 11.8. The van der Waals surface area contributed by atoms with Gasteiger partial charge in [-0.1, -0.05) is 59.6 Å². The van der Waals surface area contributed by atoms with E-state index in [1.807, 2.05) is 43.3 Å². The van der Waals surface area contributed by atoms with Gasteiger partial charge in [0.15, 0.2) is 0 Å². The van der Waals surface area contributed by atoms with E-state index < -0.39 is 12.0 Å². The molecule has 1 aliphatic carbocycles. The van der Waals surface area contributed by atoms with E-state index in [1.165, 1.54) is 25.2 Å². The van der Waals surface area contributed by atoms with Crippen molar-refractivity contribution in [3.8, 4) is 46.3 Å². The average molecular weight is 956 g/mol. The number of carboxylic acids is 1. The molecule has 0 aliphatic heterocycles. The van der Waals surface area contributed by atoms with Crippen LogP contribution in [0.4, 0.5) is 0 Å². The Morgan fingerprint density at radius 2 is 1.24 bits per heavy atom. The lowest BCUT2D eigenvalue weighted by atomic mass is 9.92. The highest BCUT2D eigenvalue weighted by molar-refractivity contribution is 6.32. The van der Waals surface area contributed by atoms with E-state index in [1.54, 1.807) is 36.7 Å². The van der Waals surface area contributed by atoms with Gasteiger partial charge in [0.25, 0.3) is 0 Å². The van der Waals surface area contributed by atoms with E-state index in [9.17, 15) is 25.5 Å². The van der Waals surface area contributed by atoms with Crippen LogP contribution in [0.2, 0.25) is 10.0 Å². The van der Waals surface area contributed by atoms with Gasteiger partial charge in [-0.15, -0.1) is 0 Å². The Morgan fingerprint density at radius 1 is 0.735 bits per heavy atom. The number of aromatic nitrogens is 2. The van der Waals surface area contributed by atoms with Gasteiger partial charge in [-0.25, -0.2) is 0 Å². The SMILES string of the molecule is Cc1c(COc2cc(OCc3cncc(C#N)c3)c(CNC(CCO)C(=O)O)cc2Cl)cccc1-c1cccc(COc2cc(OCc3cncc(C#N)c3)c(CN(C)CC3CC3)cc2Cl)c1C. The number of aliphatic hydroxyl groups excluding tert-OH is 1. The Balaban J connectivity index is 1.08. The molecule has 13 nitrogen and oxygen atoms in total. The van der Waals surface area contributed by atoms with Gasteiger partial charge in [-0.3, -0.25) is 14.8 Å². The fourth-order valence-electron chi connectivity index (χ4n) is 7.83. The zero-order chi connectivity index (χ0) is 48.2. The molecule has 1 saturated carbocycles. The number of aliphatic carboxylic acids is 1. The van der Waals surface area contributed by atoms with Crippen molar-refractivity contribution < 1.29 is 34.0 Å². The number of nitrogens with one attached hydrogen (secondary N) is 1. The summed E-state index contributed by atoms with van der Waals surface area (Å²) in [6.07, 6.45) is 8.80. The molecule has 68 heavy (non-hydrogen) atoms. The Bertz CT molecular complexity index is 2840. The van der Waals surface area contributed by atoms with Gasteiger partial charge < -0.3 is 39.4 Å². The highest BCUT2D eigenvalue weighted by Crippen LogP contribution is 2.38. The number of nitrogens with zero attached hydrogens (tertiary/aromatic N) is 5. The van der Waals surface area contributed by atoms with E-state index in [-0.39, 0.29) is 46.0 Å². The summed E-state index contributed by atoms with van der Waals surface area (Å²) in [7, 11) is 2.10. The van der Waals surface area contributed by atoms with Crippen LogP contribution >= 0.6 is 23.2 Å². The molecular weight excluding hydrogens is 904 g/mol. The lowest BCUT2D eigenvalue weighted by Gasteiger charge is -2.21. The van der Waals surface area contributed by atoms with Gasteiger partial charge in [0.05, 0.1) is 21.2 Å². The van der Waals surface area contributed by atoms with Gasteiger partial charge in [-0.05, 0) is 104 Å². The summed E-state index contributed by atoms with van der Waals surface area (Å²) in [5.74, 6) is 1.52. The number of carbonyl (C=O) groups is 1. The first kappa shape index (κ1) is 49.2. The van der Waals surface area contributed by atoms with Crippen LogP contribution < -0.4 is 24.3 Å². The molecule has 0 saturated heterocycles. The van der Waals surface area contributed by atoms with E-state index >= 15 is 0 Å². The molecule has 0 radical (unpaired) electrons. The zero-order valence-corrected chi connectivity index (χ0v) is 39.6. The molecule has 2 aromatic heterocycles. The quantitative estimate of drug-likeness (QED) is 0.0552. The van der Waals surface area contributed by atoms with Crippen molar-refractivity contribution in [3.05, 3.63) is 163 Å². The number of carboxylic acid groups (broad SMARTS) is 1. The van der Waals surface area contributed by atoms with Crippen molar-refractivity contribution in [1.82, 2.24) is 20.2 Å². The minimum atomic E-state index is -1.09. The minimum Gasteiger partial charge on any atom is -0.488 e. The molecule has 350 valence electrons. The van der Waals surface area contributed by atoms with Crippen molar-refractivity contribution in [2.75, 3.05) is 20.2 Å². The fraction of sp³-hybridized carbons (Fsp3) is 0.302. The van der Waals surface area contributed by atoms with Crippen molar-refractivity contribution in [2.45, 2.75) is 78.7 Å². The summed E-state index contributed by atoms with van der Waals surface area (Å²) in [5, 5.41) is 41.5. The average Bonchev–Trinajstić information content (AvgIpc) is 4.16. The molecular formula is C53H52Cl2N6O7. The summed E-state index contributed by atoms with van der Waals surface area (Å²) >= 11 is 13.7. The van der Waals surface area contributed by atoms with Gasteiger partial charge in [0, 0.05) is 85.4 Å². The molecule has 0 spiro atoms. The largest absolute Gasteiger partial charge is 0.488 e. The second-order valence-corrected chi connectivity index (χ2v) is 17.7. The highest BCUT2D eigenvalue weighted by Gasteiger charge is 2.24. The molecule has 1 unspecified atom stereocenters. The zero-order valence-electron chi connectivity index (χ0n) is 38.1. The second-order valence-electron chi connectivity index (χ2n) is 16.9. The molecule has 2 heterocycles. The first-order valence-corrected chi connectivity index (χ1v) is 23.0. The van der Waals surface area contributed by atoms with Crippen LogP contribution in [0.5, 0.6) is 23.0 Å². The second kappa shape index (κ2) is 23.3. The summed E-state index contributed by atoms with van der Waals surface area (Å²) in [5.41, 5.74) is 9.82. The normalized spacial score (nSPS) is 12.5. The smallest absolute Gasteiger partial charge is 0.320 e. The van der Waals surface area contributed by atoms with Crippen LogP contribution in [0.25, 0.3) is 11.1 Å². The lowest BCUT2D eigenvalue weighted by molar-refractivity contribution is -0.140. The van der Waals surface area contributed by atoms with Gasteiger partial charge in [-0.2, -0.15) is 10.5 Å². The molecule has 3 N–H and O–H groups in total. The third-order valence-corrected chi connectivity index (χ3v) is 12.4. The van der Waals surface area contributed by atoms with Crippen molar-refractivity contribution in [3.63, 3.8) is 0 Å². The number of rotatable bonds is 23. The van der Waals surface area contributed by atoms with Crippen LogP contribution in [0, 0.1) is 42.4 Å². The number of nitriles is 2. The Labute approximate surface area is 406 Å². The summed E-state index contributed by atoms with van der Waals surface area (Å²) in [6, 6.07) is 26.0. The summed E-state index contributed by atoms with van der Waals surface area (Å²) in [6.45, 7) is 6.29. The van der Waals surface area contributed by atoms with Crippen LogP contribution in [-0.2, 0) is 44.3 Å². The Morgan fingerprint density at radius 3 is 1.72 bits per heavy atom. The van der Waals surface area contributed by atoms with Gasteiger partial charge >= 0.3 is 5.97 Å². The molecule has 6 aromatic rings. The minimum absolute atomic E-state index is 0.0171. The molecule has 1 fully saturated rings. The van der Waals surface area contributed by atoms with E-state index in [4.69, 9.17) is 42.1 Å². The summed E-state index contributed by atoms with van der Waals surface area (Å²) < 4.78 is 25.4. The standard InChI is InChI=1S/C53H52Cl2N6O7/c1-33-40(31-67-51-18-49(65-29-38-14-36(20-56)22-58-24-38)42(16-46(51)54)26-60-48(12-13-62)53(63)64)6-4-8-44(33)45-9-5-7-41(34(45)2)32-68-52-19-50(66-30-39-15-37(21-57)23-59-25-39)43(17-47(52)55)28-61(3)27-35-10-11-35/h4-9,14-19,22-25,35,48,60,62H,10-13,26-32H2,1-3H3,(H,63,64). The van der Waals surface area contributed by atoms with E-state index in [2.05, 4.69) is 58.4 Å². The number of halogens is 2. The molecule has 4 aromatic carbocycles. The van der Waals surface area contributed by atoms with Crippen LogP contribution in [0.1, 0.15) is 74.9 Å². The molecule has 0 bridgehead atoms. The maximum absolute atomic E-state index is 11.8. The fourth-order valence-corrected chi connectivity index (χ4v) is 8.31. The molecule has 7 rings (SSSR count). The number of aliphatic hydroxyl groups is 1. The molecule has 1 atom stereocenters. The summed E-state index contributed by atoms with van der Waals surface area (Å²) in [4.78, 5) is 22.4. The third kappa shape index (κ3) is 13.0. The van der Waals surface area contributed by atoms with Gasteiger partial charge in [0.1, 0.15) is 67.6 Å². The highest BCUT2D eigenvalue weighted by atomic mass is 35.5. The van der Waals surface area contributed by atoms with Crippen LogP contribution in [0.15, 0.2) is 97.6 Å². The van der Waals surface area contributed by atoms with Crippen molar-refractivity contribution in [2.24, 2.45) is 5.92 Å². The maximum atomic E-state index is 11.8. The monoisotopic (exact) mass is 954 g/mol. The first-order valence-electron chi connectivity index (χ1n) is 22.2. The van der Waals surface area contributed by atoms with E-state index in [0.29, 0.717) is 61.8 Å². The van der Waals surface area contributed by atoms with Crippen LogP contribution in [-0.4, -0.2) is 57.3 Å². The number of ether oxygens (including phenoxy) is 4. The lowest BCUT2D eigenvalue weighted by Crippen LogP contribution is -2.37. The molecule has 15 heteroatoms. The number of pyridine rings is 2. The Hall–Kier alpha value is -6.71. The van der Waals surface area contributed by atoms with Crippen molar-refractivity contribution in [1.29, 1.82) is 10.5 Å². The van der Waals surface area contributed by atoms with Crippen molar-refractivity contribution >= 4 is 29.2 Å². The number of hydrogen-bond acceptors (Lipinski definition) is 12. The first-order chi connectivity index (χ1) is 32.9. The van der Waals surface area contributed by atoms with Crippen LogP contribution in [0.3, 0.4) is 0 Å².